The Kier molecular flexibility index (Phi) is 8.86. The fourth-order valence-electron chi connectivity index (χ4n) is 4.19. The van der Waals surface area contributed by atoms with Crippen molar-refractivity contribution in [1.29, 1.82) is 0 Å². The van der Waals surface area contributed by atoms with E-state index in [0.29, 0.717) is 18.0 Å². The SMILES string of the molecule is COC(=O)[C@H](C[C@@H]1CCNC1=O)NC(=O)C1CCCN(C(=O)O)N1C(=O)/C=C/c1ccc(Cl)cc1F. The van der Waals surface area contributed by atoms with Gasteiger partial charge in [0.1, 0.15) is 17.9 Å². The van der Waals surface area contributed by atoms with Crippen molar-refractivity contribution in [2.75, 3.05) is 20.2 Å². The van der Waals surface area contributed by atoms with Crippen LogP contribution < -0.4 is 10.6 Å². The highest BCUT2D eigenvalue weighted by molar-refractivity contribution is 6.30. The molecular weight excluding hydrogens is 499 g/mol. The first-order chi connectivity index (χ1) is 17.1. The van der Waals surface area contributed by atoms with Crippen molar-refractivity contribution in [2.24, 2.45) is 5.92 Å². The third-order valence-electron chi connectivity index (χ3n) is 6.01. The molecule has 0 aromatic heterocycles. The van der Waals surface area contributed by atoms with E-state index < -0.39 is 47.7 Å². The third-order valence-corrected chi connectivity index (χ3v) is 6.24. The van der Waals surface area contributed by atoms with E-state index in [2.05, 4.69) is 10.6 Å². The first kappa shape index (κ1) is 26.9. The molecule has 13 heteroatoms. The second kappa shape index (κ2) is 11.8. The number of hydrazine groups is 1. The molecule has 36 heavy (non-hydrogen) atoms. The molecule has 2 aliphatic rings. The second-order valence-electron chi connectivity index (χ2n) is 8.34. The predicted octanol–water partition coefficient (Wildman–Crippen LogP) is 1.56. The van der Waals surface area contributed by atoms with Crippen LogP contribution in [0, 0.1) is 11.7 Å². The molecule has 1 aromatic carbocycles. The van der Waals surface area contributed by atoms with E-state index in [1.807, 2.05) is 0 Å². The molecule has 3 atom stereocenters. The molecular formula is C23H26ClFN4O7. The van der Waals surface area contributed by atoms with E-state index in [-0.39, 0.29) is 42.3 Å². The molecule has 194 valence electrons. The number of carbonyl (C=O) groups excluding carboxylic acids is 4. The molecule has 0 saturated carbocycles. The number of esters is 1. The lowest BCUT2D eigenvalue weighted by molar-refractivity contribution is -0.159. The molecule has 2 fully saturated rings. The highest BCUT2D eigenvalue weighted by atomic mass is 35.5. The average Bonchev–Trinajstić information content (AvgIpc) is 3.25. The average molecular weight is 525 g/mol. The number of nitrogens with one attached hydrogen (secondary N) is 2. The fraction of sp³-hybridized carbons (Fsp3) is 0.435. The molecule has 3 N–H and O–H groups in total. The van der Waals surface area contributed by atoms with Gasteiger partial charge >= 0.3 is 12.1 Å². The minimum Gasteiger partial charge on any atom is -0.467 e. The van der Waals surface area contributed by atoms with Crippen LogP contribution in [0.1, 0.15) is 31.2 Å². The molecule has 0 spiro atoms. The largest absolute Gasteiger partial charge is 0.467 e. The van der Waals surface area contributed by atoms with E-state index >= 15 is 0 Å². The maximum Gasteiger partial charge on any atom is 0.426 e. The van der Waals surface area contributed by atoms with E-state index in [1.165, 1.54) is 12.1 Å². The molecule has 0 aliphatic carbocycles. The van der Waals surface area contributed by atoms with Crippen molar-refractivity contribution in [3.63, 3.8) is 0 Å². The van der Waals surface area contributed by atoms with Crippen LogP contribution in [0.2, 0.25) is 5.02 Å². The molecule has 1 unspecified atom stereocenters. The van der Waals surface area contributed by atoms with Crippen LogP contribution in [0.5, 0.6) is 0 Å². The van der Waals surface area contributed by atoms with Gasteiger partial charge in [-0.05, 0) is 43.9 Å². The zero-order valence-corrected chi connectivity index (χ0v) is 20.2. The summed E-state index contributed by atoms with van der Waals surface area (Å²) in [4.78, 5) is 62.3. The number of hydrogen-bond acceptors (Lipinski definition) is 6. The number of halogens is 2. The molecule has 1 aromatic rings. The lowest BCUT2D eigenvalue weighted by Crippen LogP contribution is -2.62. The minimum absolute atomic E-state index is 0.0106. The Morgan fingerprint density at radius 2 is 2.08 bits per heavy atom. The number of amides is 4. The van der Waals surface area contributed by atoms with Gasteiger partial charge in [0.25, 0.3) is 5.91 Å². The lowest BCUT2D eigenvalue weighted by Gasteiger charge is -2.41. The van der Waals surface area contributed by atoms with Crippen molar-refractivity contribution < 1.29 is 38.2 Å². The van der Waals surface area contributed by atoms with Gasteiger partial charge in [-0.15, -0.1) is 0 Å². The summed E-state index contributed by atoms with van der Waals surface area (Å²) in [5.41, 5.74) is 0.0354. The number of carbonyl (C=O) groups is 5. The summed E-state index contributed by atoms with van der Waals surface area (Å²) in [6, 6.07) is 1.38. The van der Waals surface area contributed by atoms with Crippen LogP contribution in [0.15, 0.2) is 24.3 Å². The summed E-state index contributed by atoms with van der Waals surface area (Å²) in [7, 11) is 1.14. The van der Waals surface area contributed by atoms with Crippen molar-refractivity contribution in [3.05, 3.63) is 40.7 Å². The van der Waals surface area contributed by atoms with Gasteiger partial charge in [0.05, 0.1) is 7.11 Å². The van der Waals surface area contributed by atoms with Gasteiger partial charge in [0.15, 0.2) is 0 Å². The van der Waals surface area contributed by atoms with Crippen LogP contribution in [0.3, 0.4) is 0 Å². The number of rotatable bonds is 7. The maximum absolute atomic E-state index is 14.1. The summed E-state index contributed by atoms with van der Waals surface area (Å²) >= 11 is 5.73. The first-order valence-corrected chi connectivity index (χ1v) is 11.6. The monoisotopic (exact) mass is 524 g/mol. The molecule has 0 bridgehead atoms. The van der Waals surface area contributed by atoms with Crippen molar-refractivity contribution in [1.82, 2.24) is 20.7 Å². The number of carboxylic acid groups (broad SMARTS) is 1. The summed E-state index contributed by atoms with van der Waals surface area (Å²) < 4.78 is 18.9. The predicted molar refractivity (Wildman–Crippen MR) is 125 cm³/mol. The number of nitrogens with zero attached hydrogens (tertiary/aromatic N) is 2. The number of ether oxygens (including phenoxy) is 1. The van der Waals surface area contributed by atoms with Gasteiger partial charge in [-0.2, -0.15) is 0 Å². The molecule has 2 aliphatic heterocycles. The number of hydrogen-bond donors (Lipinski definition) is 3. The smallest absolute Gasteiger partial charge is 0.426 e. The van der Waals surface area contributed by atoms with Crippen molar-refractivity contribution >= 4 is 47.5 Å². The lowest BCUT2D eigenvalue weighted by atomic mass is 9.97. The van der Waals surface area contributed by atoms with Gasteiger partial charge in [-0.25, -0.2) is 24.0 Å². The van der Waals surface area contributed by atoms with Crippen LogP contribution in [0.4, 0.5) is 9.18 Å². The fourth-order valence-corrected chi connectivity index (χ4v) is 4.35. The molecule has 11 nitrogen and oxygen atoms in total. The van der Waals surface area contributed by atoms with E-state index in [0.717, 1.165) is 30.3 Å². The van der Waals surface area contributed by atoms with E-state index in [1.54, 1.807) is 0 Å². The topological polar surface area (TPSA) is 145 Å². The standard InChI is InChI=1S/C23H26ClFN4O7/c1-36-22(33)17(11-14-8-9-26-20(14)31)27-21(32)18-3-2-10-28(23(34)35)29(18)19(30)7-5-13-4-6-15(24)12-16(13)25/h4-7,12,14,17-18H,2-3,8-11H2,1H3,(H,26,31)(H,27,32)(H,34,35)/b7-5+/t14-,17-,18?/m0/s1. The summed E-state index contributed by atoms with van der Waals surface area (Å²) in [5.74, 6) is -3.88. The summed E-state index contributed by atoms with van der Waals surface area (Å²) in [5, 5.41) is 16.4. The first-order valence-electron chi connectivity index (χ1n) is 11.2. The molecule has 2 saturated heterocycles. The maximum atomic E-state index is 14.1. The highest BCUT2D eigenvalue weighted by Crippen LogP contribution is 2.22. The van der Waals surface area contributed by atoms with Gasteiger partial charge < -0.3 is 20.5 Å². The molecule has 4 amide bonds. The Morgan fingerprint density at radius 1 is 1.33 bits per heavy atom. The molecule has 2 heterocycles. The number of methoxy groups -OCH3 is 1. The number of benzene rings is 1. The van der Waals surface area contributed by atoms with Crippen LogP contribution >= 0.6 is 11.6 Å². The Hall–Kier alpha value is -3.67. The van der Waals surface area contributed by atoms with E-state index in [9.17, 15) is 33.5 Å². The normalized spacial score (nSPS) is 20.7. The van der Waals surface area contributed by atoms with Crippen molar-refractivity contribution in [2.45, 2.75) is 37.8 Å². The van der Waals surface area contributed by atoms with E-state index in [4.69, 9.17) is 16.3 Å². The zero-order valence-electron chi connectivity index (χ0n) is 19.4. The molecule has 3 rings (SSSR count). The minimum atomic E-state index is -1.46. The van der Waals surface area contributed by atoms with Crippen molar-refractivity contribution in [3.8, 4) is 0 Å². The van der Waals surface area contributed by atoms with Gasteiger partial charge in [0, 0.05) is 35.7 Å². The Labute approximate surface area is 211 Å². The van der Waals surface area contributed by atoms with Gasteiger partial charge in [0.2, 0.25) is 11.8 Å². The van der Waals surface area contributed by atoms with Crippen LogP contribution in [-0.4, -0.2) is 77.2 Å². The molecule has 0 radical (unpaired) electrons. The van der Waals surface area contributed by atoms with Crippen LogP contribution in [-0.2, 0) is 23.9 Å². The Balaban J connectivity index is 1.82. The third kappa shape index (κ3) is 6.30. The van der Waals surface area contributed by atoms with Gasteiger partial charge in [-0.3, -0.25) is 14.4 Å². The highest BCUT2D eigenvalue weighted by Gasteiger charge is 2.41. The quantitative estimate of drug-likeness (QED) is 0.362. The Morgan fingerprint density at radius 3 is 2.69 bits per heavy atom. The van der Waals surface area contributed by atoms with Gasteiger partial charge in [-0.1, -0.05) is 17.7 Å². The summed E-state index contributed by atoms with van der Waals surface area (Å²) in [6.45, 7) is 0.404. The summed E-state index contributed by atoms with van der Waals surface area (Å²) in [6.07, 6.45) is 1.50. The zero-order chi connectivity index (χ0) is 26.4. The Bertz CT molecular complexity index is 1080. The second-order valence-corrected chi connectivity index (χ2v) is 8.78. The van der Waals surface area contributed by atoms with Crippen LogP contribution in [0.25, 0.3) is 6.08 Å².